The van der Waals surface area contributed by atoms with Crippen molar-refractivity contribution in [3.8, 4) is 5.75 Å². The Hall–Kier alpha value is -1.80. The second-order valence-electron chi connectivity index (χ2n) is 5.86. The van der Waals surface area contributed by atoms with E-state index in [0.29, 0.717) is 27.9 Å². The first-order valence-electron chi connectivity index (χ1n) is 8.21. The summed E-state index contributed by atoms with van der Waals surface area (Å²) < 4.78 is 32.4. The van der Waals surface area contributed by atoms with Crippen molar-refractivity contribution in [3.63, 3.8) is 0 Å². The highest BCUT2D eigenvalue weighted by atomic mass is 35.5. The van der Waals surface area contributed by atoms with Crippen LogP contribution in [0, 0.1) is 0 Å². The third-order valence-corrected chi connectivity index (χ3v) is 5.85. The molecule has 6 nitrogen and oxygen atoms in total. The van der Waals surface area contributed by atoms with E-state index in [0.717, 1.165) is 0 Å². The van der Waals surface area contributed by atoms with E-state index in [-0.39, 0.29) is 17.5 Å². The van der Waals surface area contributed by atoms with Crippen LogP contribution in [0.2, 0.25) is 10.0 Å². The highest BCUT2D eigenvalue weighted by Crippen LogP contribution is 2.25. The van der Waals surface area contributed by atoms with Gasteiger partial charge in [-0.2, -0.15) is 0 Å². The van der Waals surface area contributed by atoms with Crippen molar-refractivity contribution in [2.75, 3.05) is 11.9 Å². The summed E-state index contributed by atoms with van der Waals surface area (Å²) in [4.78, 5) is 12.1. The number of ether oxygens (including phenoxy) is 1. The van der Waals surface area contributed by atoms with Crippen LogP contribution in [-0.2, 0) is 14.8 Å². The van der Waals surface area contributed by atoms with Gasteiger partial charge in [-0.25, -0.2) is 13.1 Å². The van der Waals surface area contributed by atoms with Crippen LogP contribution in [0.25, 0.3) is 0 Å². The molecule has 2 N–H and O–H groups in total. The molecule has 2 aromatic rings. The Morgan fingerprint density at radius 2 is 1.81 bits per heavy atom. The number of benzene rings is 2. The zero-order valence-corrected chi connectivity index (χ0v) is 17.2. The van der Waals surface area contributed by atoms with E-state index >= 15 is 0 Å². The fourth-order valence-electron chi connectivity index (χ4n) is 2.06. The van der Waals surface area contributed by atoms with Crippen LogP contribution in [0.1, 0.15) is 20.3 Å². The molecule has 0 aromatic heterocycles. The number of halogens is 2. The molecule has 0 radical (unpaired) electrons. The van der Waals surface area contributed by atoms with Gasteiger partial charge in [-0.05, 0) is 55.8 Å². The van der Waals surface area contributed by atoms with Crippen LogP contribution in [-0.4, -0.2) is 27.0 Å². The van der Waals surface area contributed by atoms with Crippen LogP contribution in [0.4, 0.5) is 5.69 Å². The third kappa shape index (κ3) is 6.39. The standard InChI is InChI=1S/C18H20Cl2N2O4S/c1-3-12(2)22-27(24,25)15-7-5-14(6-8-15)26-11-18(23)21-17-10-13(19)4-9-16(17)20/h4-10,12,22H,3,11H2,1-2H3,(H,21,23)/t12-/m1/s1. The minimum Gasteiger partial charge on any atom is -0.484 e. The predicted octanol–water partition coefficient (Wildman–Crippen LogP) is 4.09. The number of nitrogens with one attached hydrogen (secondary N) is 2. The van der Waals surface area contributed by atoms with Gasteiger partial charge in [0.05, 0.1) is 15.6 Å². The van der Waals surface area contributed by atoms with Gasteiger partial charge in [0.2, 0.25) is 10.0 Å². The lowest BCUT2D eigenvalue weighted by Gasteiger charge is -2.13. The van der Waals surface area contributed by atoms with Crippen molar-refractivity contribution in [3.05, 3.63) is 52.5 Å². The molecule has 0 aliphatic rings. The SMILES string of the molecule is CC[C@@H](C)NS(=O)(=O)c1ccc(OCC(=O)Nc2cc(Cl)ccc2Cl)cc1. The molecule has 2 aromatic carbocycles. The van der Waals surface area contributed by atoms with Gasteiger partial charge in [0, 0.05) is 11.1 Å². The van der Waals surface area contributed by atoms with Crippen molar-refractivity contribution in [1.82, 2.24) is 4.72 Å². The fourth-order valence-corrected chi connectivity index (χ4v) is 3.72. The van der Waals surface area contributed by atoms with Gasteiger partial charge in [-0.3, -0.25) is 4.79 Å². The summed E-state index contributed by atoms with van der Waals surface area (Å²) in [7, 11) is -3.58. The van der Waals surface area contributed by atoms with E-state index in [1.54, 1.807) is 19.1 Å². The maximum Gasteiger partial charge on any atom is 0.262 e. The highest BCUT2D eigenvalue weighted by molar-refractivity contribution is 7.89. The molecule has 0 aliphatic heterocycles. The van der Waals surface area contributed by atoms with Crippen molar-refractivity contribution in [1.29, 1.82) is 0 Å². The molecule has 146 valence electrons. The molecular formula is C18H20Cl2N2O4S. The first kappa shape index (κ1) is 21.5. The number of carbonyl (C=O) groups excluding carboxylic acids is 1. The molecule has 1 atom stereocenters. The monoisotopic (exact) mass is 430 g/mol. The molecule has 0 fully saturated rings. The number of anilines is 1. The summed E-state index contributed by atoms with van der Waals surface area (Å²) in [5.41, 5.74) is 0.385. The summed E-state index contributed by atoms with van der Waals surface area (Å²) in [5, 5.41) is 3.40. The largest absolute Gasteiger partial charge is 0.484 e. The van der Waals surface area contributed by atoms with Gasteiger partial charge in [0.1, 0.15) is 5.75 Å². The summed E-state index contributed by atoms with van der Waals surface area (Å²) >= 11 is 11.9. The molecule has 0 unspecified atom stereocenters. The average molecular weight is 431 g/mol. The summed E-state index contributed by atoms with van der Waals surface area (Å²) in [6.07, 6.45) is 0.687. The Morgan fingerprint density at radius 1 is 1.15 bits per heavy atom. The summed E-state index contributed by atoms with van der Waals surface area (Å²) in [6.45, 7) is 3.42. The summed E-state index contributed by atoms with van der Waals surface area (Å²) in [6, 6.07) is 10.4. The van der Waals surface area contributed by atoms with E-state index in [1.165, 1.54) is 30.3 Å². The number of sulfonamides is 1. The molecule has 0 bridgehead atoms. The number of amides is 1. The van der Waals surface area contributed by atoms with Gasteiger partial charge in [0.15, 0.2) is 6.61 Å². The third-order valence-electron chi connectivity index (χ3n) is 3.68. The molecule has 0 saturated heterocycles. The Morgan fingerprint density at radius 3 is 2.44 bits per heavy atom. The van der Waals surface area contributed by atoms with Crippen LogP contribution >= 0.6 is 23.2 Å². The lowest BCUT2D eigenvalue weighted by Crippen LogP contribution is -2.31. The number of carbonyl (C=O) groups is 1. The molecule has 1 amide bonds. The molecule has 0 heterocycles. The maximum absolute atomic E-state index is 12.2. The molecule has 2 rings (SSSR count). The van der Waals surface area contributed by atoms with Crippen LogP contribution in [0.5, 0.6) is 5.75 Å². The van der Waals surface area contributed by atoms with Crippen molar-refractivity contribution in [2.24, 2.45) is 0 Å². The lowest BCUT2D eigenvalue weighted by atomic mass is 10.3. The van der Waals surface area contributed by atoms with Crippen molar-refractivity contribution < 1.29 is 17.9 Å². The van der Waals surface area contributed by atoms with E-state index in [4.69, 9.17) is 27.9 Å². The molecule has 0 saturated carbocycles. The first-order chi connectivity index (χ1) is 12.7. The quantitative estimate of drug-likeness (QED) is 0.660. The second-order valence-corrected chi connectivity index (χ2v) is 8.42. The number of hydrogen-bond acceptors (Lipinski definition) is 4. The predicted molar refractivity (Wildman–Crippen MR) is 107 cm³/mol. The fraction of sp³-hybridized carbons (Fsp3) is 0.278. The Balaban J connectivity index is 1.95. The van der Waals surface area contributed by atoms with Gasteiger partial charge in [0.25, 0.3) is 5.91 Å². The zero-order chi connectivity index (χ0) is 20.0. The van der Waals surface area contributed by atoms with E-state index in [1.807, 2.05) is 6.92 Å². The topological polar surface area (TPSA) is 84.5 Å². The minimum atomic E-state index is -3.58. The molecule has 0 aliphatic carbocycles. The van der Waals surface area contributed by atoms with Gasteiger partial charge >= 0.3 is 0 Å². The van der Waals surface area contributed by atoms with Gasteiger partial charge < -0.3 is 10.1 Å². The summed E-state index contributed by atoms with van der Waals surface area (Å²) in [5.74, 6) is -0.0564. The first-order valence-corrected chi connectivity index (χ1v) is 10.4. The van der Waals surface area contributed by atoms with E-state index < -0.39 is 15.9 Å². The minimum absolute atomic E-state index is 0.130. The normalized spacial score (nSPS) is 12.4. The molecule has 0 spiro atoms. The Bertz CT molecular complexity index is 902. The van der Waals surface area contributed by atoms with Crippen LogP contribution in [0.3, 0.4) is 0 Å². The number of rotatable bonds is 8. The lowest BCUT2D eigenvalue weighted by molar-refractivity contribution is -0.118. The van der Waals surface area contributed by atoms with E-state index in [2.05, 4.69) is 10.0 Å². The number of hydrogen-bond donors (Lipinski definition) is 2. The highest BCUT2D eigenvalue weighted by Gasteiger charge is 2.16. The second kappa shape index (κ2) is 9.41. The maximum atomic E-state index is 12.2. The van der Waals surface area contributed by atoms with Crippen molar-refractivity contribution in [2.45, 2.75) is 31.2 Å². The zero-order valence-electron chi connectivity index (χ0n) is 14.8. The molecular weight excluding hydrogens is 411 g/mol. The molecule has 27 heavy (non-hydrogen) atoms. The van der Waals surface area contributed by atoms with Gasteiger partial charge in [-0.1, -0.05) is 30.1 Å². The smallest absolute Gasteiger partial charge is 0.262 e. The van der Waals surface area contributed by atoms with Crippen LogP contribution < -0.4 is 14.8 Å². The molecule has 9 heteroatoms. The van der Waals surface area contributed by atoms with Gasteiger partial charge in [-0.15, -0.1) is 0 Å². The van der Waals surface area contributed by atoms with Crippen molar-refractivity contribution >= 4 is 44.8 Å². The average Bonchev–Trinajstić information content (AvgIpc) is 2.63. The van der Waals surface area contributed by atoms with Crippen LogP contribution in [0.15, 0.2) is 47.4 Å². The Labute approximate surface area is 168 Å². The Kier molecular flexibility index (Phi) is 7.49. The van der Waals surface area contributed by atoms with E-state index in [9.17, 15) is 13.2 Å².